The molecule has 1 aromatic heterocycles. The number of carbonyl (C=O) groups is 1. The second-order valence-corrected chi connectivity index (χ2v) is 2.72. The van der Waals surface area contributed by atoms with Crippen molar-refractivity contribution in [2.75, 3.05) is 0 Å². The SMILES string of the molecule is Cn1cc([C@H]([NH3+])CC(=O)[O-])cn1. The van der Waals surface area contributed by atoms with E-state index in [1.54, 1.807) is 24.1 Å². The molecule has 12 heavy (non-hydrogen) atoms. The second-order valence-electron chi connectivity index (χ2n) is 2.72. The Kier molecular flexibility index (Phi) is 2.44. The van der Waals surface area contributed by atoms with Gasteiger partial charge in [0.25, 0.3) is 0 Å². The van der Waals surface area contributed by atoms with Crippen molar-refractivity contribution in [3.05, 3.63) is 18.0 Å². The molecule has 0 spiro atoms. The summed E-state index contributed by atoms with van der Waals surface area (Å²) in [5.74, 6) is -1.08. The summed E-state index contributed by atoms with van der Waals surface area (Å²) in [6.45, 7) is 0. The molecule has 0 saturated carbocycles. The standard InChI is InChI=1S/C7H11N3O2/c1-10-4-5(3-9-10)6(8)2-7(11)12/h3-4,6H,2,8H2,1H3,(H,11,12)/t6-/m1/s1. The van der Waals surface area contributed by atoms with Crippen molar-refractivity contribution < 1.29 is 15.6 Å². The Bertz CT molecular complexity index is 282. The number of aliphatic carboxylic acids is 1. The maximum absolute atomic E-state index is 10.2. The van der Waals surface area contributed by atoms with Gasteiger partial charge in [-0.15, -0.1) is 0 Å². The monoisotopic (exact) mass is 169 g/mol. The molecule has 0 saturated heterocycles. The van der Waals surface area contributed by atoms with E-state index in [-0.39, 0.29) is 12.5 Å². The minimum Gasteiger partial charge on any atom is -0.550 e. The summed E-state index contributed by atoms with van der Waals surface area (Å²) in [6, 6.07) is -0.274. The molecule has 1 rings (SSSR count). The van der Waals surface area contributed by atoms with Crippen LogP contribution in [0.3, 0.4) is 0 Å². The first-order valence-electron chi connectivity index (χ1n) is 3.61. The maximum atomic E-state index is 10.2. The summed E-state index contributed by atoms with van der Waals surface area (Å²) in [4.78, 5) is 10.2. The van der Waals surface area contributed by atoms with Gasteiger partial charge >= 0.3 is 0 Å². The fourth-order valence-electron chi connectivity index (χ4n) is 0.970. The second kappa shape index (κ2) is 3.36. The molecular weight excluding hydrogens is 158 g/mol. The van der Waals surface area contributed by atoms with E-state index in [1.165, 1.54) is 0 Å². The Morgan fingerprint density at radius 3 is 3.00 bits per heavy atom. The molecule has 1 atom stereocenters. The molecule has 0 aromatic carbocycles. The van der Waals surface area contributed by atoms with Gasteiger partial charge in [0.05, 0.1) is 6.20 Å². The molecule has 0 bridgehead atoms. The highest BCUT2D eigenvalue weighted by Gasteiger charge is 2.11. The van der Waals surface area contributed by atoms with Crippen LogP contribution in [0.2, 0.25) is 0 Å². The van der Waals surface area contributed by atoms with Crippen LogP contribution in [0.5, 0.6) is 0 Å². The van der Waals surface area contributed by atoms with Gasteiger partial charge in [-0.05, 0) is 0 Å². The Labute approximate surface area is 69.8 Å². The first kappa shape index (κ1) is 8.73. The third kappa shape index (κ3) is 2.06. The van der Waals surface area contributed by atoms with E-state index in [0.29, 0.717) is 0 Å². The van der Waals surface area contributed by atoms with Crippen LogP contribution < -0.4 is 10.8 Å². The minimum absolute atomic E-state index is 0.0638. The summed E-state index contributed by atoms with van der Waals surface area (Å²) < 4.78 is 1.61. The largest absolute Gasteiger partial charge is 0.550 e. The molecule has 1 heterocycles. The summed E-state index contributed by atoms with van der Waals surface area (Å²) in [5.41, 5.74) is 4.51. The van der Waals surface area contributed by atoms with Crippen LogP contribution >= 0.6 is 0 Å². The van der Waals surface area contributed by atoms with Crippen LogP contribution in [-0.2, 0) is 11.8 Å². The third-order valence-electron chi connectivity index (χ3n) is 1.61. The zero-order chi connectivity index (χ0) is 9.14. The van der Waals surface area contributed by atoms with Crippen LogP contribution in [0.25, 0.3) is 0 Å². The molecule has 0 radical (unpaired) electrons. The Hall–Kier alpha value is -1.36. The number of aryl methyl sites for hydroxylation is 1. The van der Waals surface area contributed by atoms with Crippen molar-refractivity contribution in [3.63, 3.8) is 0 Å². The number of carboxylic acid groups (broad SMARTS) is 1. The lowest BCUT2D eigenvalue weighted by Gasteiger charge is -2.05. The smallest absolute Gasteiger partial charge is 0.118 e. The fraction of sp³-hybridized carbons (Fsp3) is 0.429. The molecule has 1 aromatic rings. The van der Waals surface area contributed by atoms with Crippen LogP contribution in [0.15, 0.2) is 12.4 Å². The normalized spacial score (nSPS) is 12.8. The quantitative estimate of drug-likeness (QED) is 0.559. The van der Waals surface area contributed by atoms with Gasteiger partial charge in [0.15, 0.2) is 0 Å². The zero-order valence-corrected chi connectivity index (χ0v) is 6.86. The predicted molar refractivity (Wildman–Crippen MR) is 38.5 cm³/mol. The zero-order valence-electron chi connectivity index (χ0n) is 6.86. The summed E-state index contributed by atoms with van der Waals surface area (Å²) in [7, 11) is 1.77. The number of aromatic nitrogens is 2. The van der Waals surface area contributed by atoms with Gasteiger partial charge in [-0.3, -0.25) is 4.68 Å². The topological polar surface area (TPSA) is 85.6 Å². The summed E-state index contributed by atoms with van der Waals surface area (Å²) in [6.07, 6.45) is 3.30. The number of quaternary nitrogens is 1. The minimum atomic E-state index is -1.08. The lowest BCUT2D eigenvalue weighted by Crippen LogP contribution is -2.55. The molecule has 3 N–H and O–H groups in total. The highest BCUT2D eigenvalue weighted by molar-refractivity contribution is 5.65. The van der Waals surface area contributed by atoms with E-state index in [9.17, 15) is 9.90 Å². The van der Waals surface area contributed by atoms with Crippen LogP contribution in [0.1, 0.15) is 18.0 Å². The number of hydrogen-bond acceptors (Lipinski definition) is 3. The number of nitrogens with zero attached hydrogens (tertiary/aromatic N) is 2. The van der Waals surface area contributed by atoms with Gasteiger partial charge in [-0.2, -0.15) is 5.10 Å². The molecule has 0 unspecified atom stereocenters. The number of hydrogen-bond donors (Lipinski definition) is 1. The summed E-state index contributed by atoms with van der Waals surface area (Å²) >= 11 is 0. The molecule has 0 aliphatic rings. The van der Waals surface area contributed by atoms with Gasteiger partial charge in [0, 0.05) is 31.2 Å². The first-order valence-corrected chi connectivity index (χ1v) is 3.61. The fourth-order valence-corrected chi connectivity index (χ4v) is 0.970. The number of carboxylic acids is 1. The van der Waals surface area contributed by atoms with Crippen LogP contribution in [-0.4, -0.2) is 15.7 Å². The van der Waals surface area contributed by atoms with E-state index in [4.69, 9.17) is 0 Å². The molecule has 0 amide bonds. The molecule has 0 aliphatic heterocycles. The van der Waals surface area contributed by atoms with Gasteiger partial charge < -0.3 is 15.6 Å². The molecule has 5 nitrogen and oxygen atoms in total. The number of rotatable bonds is 3. The van der Waals surface area contributed by atoms with Crippen molar-refractivity contribution in [2.24, 2.45) is 7.05 Å². The van der Waals surface area contributed by atoms with E-state index in [0.717, 1.165) is 5.56 Å². The van der Waals surface area contributed by atoms with Crippen LogP contribution in [0.4, 0.5) is 0 Å². The van der Waals surface area contributed by atoms with E-state index < -0.39 is 5.97 Å². The highest BCUT2D eigenvalue weighted by Crippen LogP contribution is 2.08. The lowest BCUT2D eigenvalue weighted by atomic mass is 10.1. The van der Waals surface area contributed by atoms with E-state index in [2.05, 4.69) is 10.8 Å². The Morgan fingerprint density at radius 2 is 2.58 bits per heavy atom. The Balaban J connectivity index is 2.64. The van der Waals surface area contributed by atoms with Gasteiger partial charge in [0.1, 0.15) is 6.04 Å². The van der Waals surface area contributed by atoms with Crippen molar-refractivity contribution in [3.8, 4) is 0 Å². The van der Waals surface area contributed by atoms with E-state index in [1.807, 2.05) is 0 Å². The average molecular weight is 169 g/mol. The predicted octanol–water partition coefficient (Wildman–Crippen LogP) is -2.16. The van der Waals surface area contributed by atoms with Crippen LogP contribution in [0, 0.1) is 0 Å². The highest BCUT2D eigenvalue weighted by atomic mass is 16.4. The molecule has 0 fully saturated rings. The average Bonchev–Trinajstić information content (AvgIpc) is 2.34. The number of carbonyl (C=O) groups excluding carboxylic acids is 1. The molecule has 66 valence electrons. The summed E-state index contributed by atoms with van der Waals surface area (Å²) in [5, 5.41) is 14.1. The molecule has 0 aliphatic carbocycles. The molecular formula is C7H11N3O2. The molecule has 5 heteroatoms. The van der Waals surface area contributed by atoms with Crippen molar-refractivity contribution >= 4 is 5.97 Å². The van der Waals surface area contributed by atoms with Crippen molar-refractivity contribution in [1.29, 1.82) is 0 Å². The van der Waals surface area contributed by atoms with Crippen molar-refractivity contribution in [1.82, 2.24) is 9.78 Å². The maximum Gasteiger partial charge on any atom is 0.118 e. The van der Waals surface area contributed by atoms with Gasteiger partial charge in [-0.1, -0.05) is 0 Å². The van der Waals surface area contributed by atoms with Gasteiger partial charge in [0.2, 0.25) is 0 Å². The Morgan fingerprint density at radius 1 is 1.92 bits per heavy atom. The lowest BCUT2D eigenvalue weighted by molar-refractivity contribution is -0.430. The van der Waals surface area contributed by atoms with Crippen molar-refractivity contribution in [2.45, 2.75) is 12.5 Å². The van der Waals surface area contributed by atoms with E-state index >= 15 is 0 Å². The first-order chi connectivity index (χ1) is 5.59. The van der Waals surface area contributed by atoms with Gasteiger partial charge in [-0.25, -0.2) is 0 Å². The third-order valence-corrected chi connectivity index (χ3v) is 1.61.